The van der Waals surface area contributed by atoms with Gasteiger partial charge in [-0.05, 0) is 19.1 Å². The predicted molar refractivity (Wildman–Crippen MR) is 40.3 cm³/mol. The summed E-state index contributed by atoms with van der Waals surface area (Å²) in [6, 6.07) is 0. The van der Waals surface area contributed by atoms with Crippen LogP contribution in [0.3, 0.4) is 0 Å². The zero-order valence-electron chi connectivity index (χ0n) is 5.68. The molecule has 2 nitrogen and oxygen atoms in total. The molecule has 0 radical (unpaired) electrons. The SMILES string of the molecule is C[C@@H]1OC(=S)NC[C@@H]1C. The van der Waals surface area contributed by atoms with Crippen molar-refractivity contribution >= 4 is 17.4 Å². The topological polar surface area (TPSA) is 21.3 Å². The van der Waals surface area contributed by atoms with Crippen molar-refractivity contribution in [3.8, 4) is 0 Å². The van der Waals surface area contributed by atoms with Crippen LogP contribution in [0, 0.1) is 5.92 Å². The largest absolute Gasteiger partial charge is 0.468 e. The fraction of sp³-hybridized carbons (Fsp3) is 0.833. The Bertz CT molecular complexity index is 126. The second-order valence-corrected chi connectivity index (χ2v) is 2.84. The second kappa shape index (κ2) is 2.52. The lowest BCUT2D eigenvalue weighted by Gasteiger charge is -2.27. The lowest BCUT2D eigenvalue weighted by molar-refractivity contribution is 0.121. The molecule has 0 spiro atoms. The maximum absolute atomic E-state index is 5.22. The third-order valence-corrected chi connectivity index (χ3v) is 1.90. The summed E-state index contributed by atoms with van der Waals surface area (Å²) in [5.74, 6) is 0.566. The Kier molecular flexibility index (Phi) is 1.90. The number of hydrogen-bond donors (Lipinski definition) is 1. The number of thiocarbonyl (C=S) groups is 1. The van der Waals surface area contributed by atoms with Crippen molar-refractivity contribution in [2.45, 2.75) is 20.0 Å². The lowest BCUT2D eigenvalue weighted by atomic mass is 10.1. The summed E-state index contributed by atoms with van der Waals surface area (Å²) >= 11 is 4.80. The van der Waals surface area contributed by atoms with E-state index in [1.165, 1.54) is 0 Å². The average molecular weight is 145 g/mol. The van der Waals surface area contributed by atoms with E-state index in [2.05, 4.69) is 12.2 Å². The smallest absolute Gasteiger partial charge is 0.256 e. The van der Waals surface area contributed by atoms with Crippen molar-refractivity contribution in [2.75, 3.05) is 6.54 Å². The van der Waals surface area contributed by atoms with E-state index in [4.69, 9.17) is 17.0 Å². The van der Waals surface area contributed by atoms with Gasteiger partial charge < -0.3 is 10.1 Å². The molecule has 3 heteroatoms. The van der Waals surface area contributed by atoms with Crippen LogP contribution in [-0.2, 0) is 4.74 Å². The van der Waals surface area contributed by atoms with E-state index in [-0.39, 0.29) is 6.10 Å². The highest BCUT2D eigenvalue weighted by Gasteiger charge is 2.19. The Morgan fingerprint density at radius 1 is 1.67 bits per heavy atom. The summed E-state index contributed by atoms with van der Waals surface area (Å²) in [6.07, 6.45) is 0.277. The molecule has 1 aliphatic rings. The summed E-state index contributed by atoms with van der Waals surface area (Å²) in [4.78, 5) is 0. The minimum Gasteiger partial charge on any atom is -0.468 e. The maximum atomic E-state index is 5.22. The summed E-state index contributed by atoms with van der Waals surface area (Å²) < 4.78 is 5.22. The van der Waals surface area contributed by atoms with E-state index in [0.717, 1.165) is 6.54 Å². The number of ether oxygens (including phenoxy) is 1. The number of rotatable bonds is 0. The minimum absolute atomic E-state index is 0.277. The van der Waals surface area contributed by atoms with Crippen LogP contribution >= 0.6 is 12.2 Å². The molecule has 0 bridgehead atoms. The highest BCUT2D eigenvalue weighted by atomic mass is 32.1. The van der Waals surface area contributed by atoms with Crippen LogP contribution in [0.2, 0.25) is 0 Å². The van der Waals surface area contributed by atoms with E-state index in [1.807, 2.05) is 6.92 Å². The Balaban J connectivity index is 2.44. The van der Waals surface area contributed by atoms with Gasteiger partial charge in [0.15, 0.2) is 0 Å². The van der Waals surface area contributed by atoms with Crippen molar-refractivity contribution in [3.05, 3.63) is 0 Å². The lowest BCUT2D eigenvalue weighted by Crippen LogP contribution is -2.42. The molecule has 52 valence electrons. The van der Waals surface area contributed by atoms with Crippen LogP contribution in [0.1, 0.15) is 13.8 Å². The summed E-state index contributed by atoms with van der Waals surface area (Å²) in [6.45, 7) is 5.12. The molecule has 0 aliphatic carbocycles. The van der Waals surface area contributed by atoms with Crippen molar-refractivity contribution < 1.29 is 4.74 Å². The predicted octanol–water partition coefficient (Wildman–Crippen LogP) is 0.916. The Labute approximate surface area is 60.6 Å². The first-order valence-electron chi connectivity index (χ1n) is 3.14. The molecular weight excluding hydrogens is 134 g/mol. The average Bonchev–Trinajstić information content (AvgIpc) is 1.80. The summed E-state index contributed by atoms with van der Waals surface area (Å²) in [5, 5.41) is 3.51. The maximum Gasteiger partial charge on any atom is 0.256 e. The van der Waals surface area contributed by atoms with E-state index in [0.29, 0.717) is 11.1 Å². The second-order valence-electron chi connectivity index (χ2n) is 2.47. The molecule has 2 atom stereocenters. The zero-order chi connectivity index (χ0) is 6.85. The van der Waals surface area contributed by atoms with Gasteiger partial charge in [-0.1, -0.05) is 6.92 Å². The molecule has 0 unspecified atom stereocenters. The molecular formula is C6H11NOS. The molecule has 0 aromatic carbocycles. The van der Waals surface area contributed by atoms with Gasteiger partial charge >= 0.3 is 0 Å². The van der Waals surface area contributed by atoms with E-state index >= 15 is 0 Å². The monoisotopic (exact) mass is 145 g/mol. The molecule has 0 aromatic rings. The molecule has 1 heterocycles. The fourth-order valence-corrected chi connectivity index (χ4v) is 0.972. The third-order valence-electron chi connectivity index (χ3n) is 1.66. The van der Waals surface area contributed by atoms with Gasteiger partial charge in [-0.15, -0.1) is 0 Å². The minimum atomic E-state index is 0.277. The summed E-state index contributed by atoms with van der Waals surface area (Å²) in [7, 11) is 0. The molecule has 1 rings (SSSR count). The van der Waals surface area contributed by atoms with Crippen LogP contribution in [0.25, 0.3) is 0 Å². The zero-order valence-corrected chi connectivity index (χ0v) is 6.49. The van der Waals surface area contributed by atoms with E-state index in [1.54, 1.807) is 0 Å². The van der Waals surface area contributed by atoms with Crippen molar-refractivity contribution in [2.24, 2.45) is 5.92 Å². The third kappa shape index (κ3) is 1.55. The molecule has 1 fully saturated rings. The van der Waals surface area contributed by atoms with Gasteiger partial charge in [0.1, 0.15) is 6.10 Å². The van der Waals surface area contributed by atoms with Crippen LogP contribution in [0.5, 0.6) is 0 Å². The van der Waals surface area contributed by atoms with Crippen molar-refractivity contribution in [1.29, 1.82) is 0 Å². The highest BCUT2D eigenvalue weighted by Crippen LogP contribution is 2.09. The Hall–Kier alpha value is -0.310. The van der Waals surface area contributed by atoms with Gasteiger partial charge in [0.05, 0.1) is 0 Å². The molecule has 1 saturated heterocycles. The van der Waals surface area contributed by atoms with Gasteiger partial charge in [-0.2, -0.15) is 0 Å². The van der Waals surface area contributed by atoms with E-state index < -0.39 is 0 Å². The van der Waals surface area contributed by atoms with Crippen molar-refractivity contribution in [1.82, 2.24) is 5.32 Å². The number of hydrogen-bond acceptors (Lipinski definition) is 2. The fourth-order valence-electron chi connectivity index (χ4n) is 0.737. The van der Waals surface area contributed by atoms with Gasteiger partial charge in [-0.3, -0.25) is 0 Å². The standard InChI is InChI=1S/C6H11NOS/c1-4-3-7-6(9)8-5(4)2/h4-5H,3H2,1-2H3,(H,7,9)/t4-,5-/m0/s1. The molecule has 0 saturated carbocycles. The normalized spacial score (nSPS) is 35.1. The summed E-state index contributed by atoms with van der Waals surface area (Å²) in [5.41, 5.74) is 0. The van der Waals surface area contributed by atoms with Crippen molar-refractivity contribution in [3.63, 3.8) is 0 Å². The van der Waals surface area contributed by atoms with Gasteiger partial charge in [0, 0.05) is 12.5 Å². The molecule has 9 heavy (non-hydrogen) atoms. The quantitative estimate of drug-likeness (QED) is 0.512. The molecule has 0 amide bonds. The Morgan fingerprint density at radius 3 is 2.78 bits per heavy atom. The Morgan fingerprint density at radius 2 is 2.33 bits per heavy atom. The van der Waals surface area contributed by atoms with Gasteiger partial charge in [-0.25, -0.2) is 0 Å². The van der Waals surface area contributed by atoms with Gasteiger partial charge in [0.25, 0.3) is 5.17 Å². The van der Waals surface area contributed by atoms with Crippen LogP contribution in [0.15, 0.2) is 0 Å². The van der Waals surface area contributed by atoms with Gasteiger partial charge in [0.2, 0.25) is 0 Å². The van der Waals surface area contributed by atoms with Crippen LogP contribution < -0.4 is 5.32 Å². The van der Waals surface area contributed by atoms with E-state index in [9.17, 15) is 0 Å². The van der Waals surface area contributed by atoms with Crippen LogP contribution in [-0.4, -0.2) is 17.8 Å². The molecule has 0 aromatic heterocycles. The number of nitrogens with one attached hydrogen (secondary N) is 1. The van der Waals surface area contributed by atoms with Crippen LogP contribution in [0.4, 0.5) is 0 Å². The first-order valence-corrected chi connectivity index (χ1v) is 3.55. The molecule has 1 N–H and O–H groups in total. The molecule has 1 aliphatic heterocycles. The highest BCUT2D eigenvalue weighted by molar-refractivity contribution is 7.80. The first-order chi connectivity index (χ1) is 4.20. The first kappa shape index (κ1) is 6.81.